The smallest absolute Gasteiger partial charge is 0.312 e. The summed E-state index contributed by atoms with van der Waals surface area (Å²) in [5, 5.41) is 2.73. The quantitative estimate of drug-likeness (QED) is 0.413. The highest BCUT2D eigenvalue weighted by molar-refractivity contribution is 6.28. The number of amides is 1. The third-order valence-corrected chi connectivity index (χ3v) is 8.71. The highest BCUT2D eigenvalue weighted by atomic mass is 35.5. The molecule has 6 nitrogen and oxygen atoms in total. The van der Waals surface area contributed by atoms with Crippen molar-refractivity contribution >= 4 is 40.7 Å². The Morgan fingerprint density at radius 1 is 0.943 bits per heavy atom. The van der Waals surface area contributed by atoms with E-state index in [4.69, 9.17) is 16.3 Å². The summed E-state index contributed by atoms with van der Waals surface area (Å²) >= 11 is 6.84. The first-order valence-corrected chi connectivity index (χ1v) is 12.6. The molecular formula is C28H26ClNO5. The first kappa shape index (κ1) is 22.5. The van der Waals surface area contributed by atoms with Crippen LogP contribution >= 0.6 is 11.6 Å². The van der Waals surface area contributed by atoms with Crippen LogP contribution in [0.25, 0.3) is 0 Å². The number of benzene rings is 2. The van der Waals surface area contributed by atoms with Crippen molar-refractivity contribution in [2.45, 2.75) is 56.4 Å². The predicted octanol–water partition coefficient (Wildman–Crippen LogP) is 4.91. The lowest BCUT2D eigenvalue weighted by atomic mass is 9.49. The molecule has 0 heterocycles. The van der Waals surface area contributed by atoms with Gasteiger partial charge >= 0.3 is 5.97 Å². The zero-order chi connectivity index (χ0) is 24.5. The number of esters is 1. The summed E-state index contributed by atoms with van der Waals surface area (Å²) in [5.74, 6) is -0.399. The van der Waals surface area contributed by atoms with Gasteiger partial charge < -0.3 is 10.1 Å². The van der Waals surface area contributed by atoms with E-state index >= 15 is 0 Å². The molecule has 3 atom stereocenters. The third-order valence-electron chi connectivity index (χ3n) is 8.27. The van der Waals surface area contributed by atoms with Crippen molar-refractivity contribution < 1.29 is 23.9 Å². The molecular weight excluding hydrogens is 466 g/mol. The van der Waals surface area contributed by atoms with Gasteiger partial charge in [0.05, 0.1) is 5.41 Å². The zero-order valence-electron chi connectivity index (χ0n) is 19.4. The van der Waals surface area contributed by atoms with E-state index in [1.54, 1.807) is 43.3 Å². The number of ether oxygens (including phenoxy) is 1. The minimum absolute atomic E-state index is 0.219. The van der Waals surface area contributed by atoms with E-state index in [9.17, 15) is 19.2 Å². The van der Waals surface area contributed by atoms with E-state index < -0.39 is 17.4 Å². The molecule has 0 spiro atoms. The average molecular weight is 492 g/mol. The first-order valence-electron chi connectivity index (χ1n) is 12.2. The molecule has 5 aliphatic rings. The van der Waals surface area contributed by atoms with Crippen molar-refractivity contribution in [3.63, 3.8) is 0 Å². The second-order valence-electron chi connectivity index (χ2n) is 10.9. The van der Waals surface area contributed by atoms with Crippen LogP contribution in [0.3, 0.4) is 0 Å². The van der Waals surface area contributed by atoms with Gasteiger partial charge in [0.15, 0.2) is 17.7 Å². The molecule has 4 saturated carbocycles. The Morgan fingerprint density at radius 2 is 1.54 bits per heavy atom. The van der Waals surface area contributed by atoms with E-state index in [-0.39, 0.29) is 28.0 Å². The van der Waals surface area contributed by atoms with E-state index in [2.05, 4.69) is 5.32 Å². The summed E-state index contributed by atoms with van der Waals surface area (Å²) in [5.41, 5.74) is 1.06. The summed E-state index contributed by atoms with van der Waals surface area (Å²) in [6.07, 6.45) is 4.23. The number of hydrogen-bond acceptors (Lipinski definition) is 5. The highest BCUT2D eigenvalue weighted by Gasteiger charge is 2.61. The Bertz CT molecular complexity index is 1290. The van der Waals surface area contributed by atoms with Gasteiger partial charge in [0.25, 0.3) is 5.91 Å². The van der Waals surface area contributed by atoms with Crippen molar-refractivity contribution in [2.24, 2.45) is 17.3 Å². The Kier molecular flexibility index (Phi) is 4.98. The lowest BCUT2D eigenvalue weighted by Gasteiger charge is -2.58. The molecule has 2 aromatic carbocycles. The maximum absolute atomic E-state index is 13.3. The second-order valence-corrected chi connectivity index (χ2v) is 11.7. The fourth-order valence-electron chi connectivity index (χ4n) is 7.15. The highest BCUT2D eigenvalue weighted by Crippen LogP contribution is 2.64. The number of ketones is 2. The molecule has 0 aliphatic heterocycles. The molecule has 7 heteroatoms. The normalized spacial score (nSPS) is 30.9. The summed E-state index contributed by atoms with van der Waals surface area (Å²) in [6.45, 7) is 1.55. The van der Waals surface area contributed by atoms with Crippen LogP contribution in [0.1, 0.15) is 77.3 Å². The molecule has 4 bridgehead atoms. The molecule has 0 unspecified atom stereocenters. The van der Waals surface area contributed by atoms with Crippen LogP contribution < -0.4 is 5.32 Å². The van der Waals surface area contributed by atoms with Crippen molar-refractivity contribution in [1.82, 2.24) is 0 Å². The largest absolute Gasteiger partial charge is 0.452 e. The first-order chi connectivity index (χ1) is 16.7. The summed E-state index contributed by atoms with van der Waals surface area (Å²) in [7, 11) is 0. The van der Waals surface area contributed by atoms with Crippen LogP contribution in [-0.4, -0.2) is 34.4 Å². The minimum Gasteiger partial charge on any atom is -0.452 e. The van der Waals surface area contributed by atoms with Crippen molar-refractivity contribution in [2.75, 3.05) is 5.32 Å². The number of hydrogen-bond donors (Lipinski definition) is 1. The Balaban J connectivity index is 1.16. The molecule has 4 fully saturated rings. The number of fused-ring (bicyclic) bond motifs is 2. The van der Waals surface area contributed by atoms with Crippen LogP contribution in [0.15, 0.2) is 42.5 Å². The van der Waals surface area contributed by atoms with Crippen molar-refractivity contribution in [3.05, 3.63) is 64.7 Å². The van der Waals surface area contributed by atoms with Gasteiger partial charge in [-0.2, -0.15) is 0 Å². The lowest BCUT2D eigenvalue weighted by Crippen LogP contribution is -2.57. The molecule has 0 radical (unpaired) electrons. The van der Waals surface area contributed by atoms with Crippen molar-refractivity contribution in [3.8, 4) is 0 Å². The standard InChI is InChI=1S/C28H26ClNO5/c1-15(35-26(34)27-10-16-8-17(11-27)13-28(29,12-16)14-27)25(33)30-18-6-7-21-22(9-18)24(32)20-5-3-2-4-19(20)23(21)31/h2-7,9,15-17H,8,10-14H2,1H3,(H,30,33)/t15-,16-,17-,27?,28?/m0/s1. The van der Waals surface area contributed by atoms with E-state index in [0.717, 1.165) is 32.1 Å². The Hall–Kier alpha value is -2.99. The maximum atomic E-state index is 13.3. The number of rotatable bonds is 4. The molecule has 5 aliphatic carbocycles. The van der Waals surface area contributed by atoms with Crippen LogP contribution in [0.2, 0.25) is 0 Å². The monoisotopic (exact) mass is 491 g/mol. The maximum Gasteiger partial charge on any atom is 0.312 e. The molecule has 180 valence electrons. The lowest BCUT2D eigenvalue weighted by molar-refractivity contribution is -0.176. The minimum atomic E-state index is -1.00. The number of anilines is 1. The molecule has 7 rings (SSSR count). The van der Waals surface area contributed by atoms with Gasteiger partial charge in [0.1, 0.15) is 0 Å². The predicted molar refractivity (Wildman–Crippen MR) is 130 cm³/mol. The topological polar surface area (TPSA) is 89.5 Å². The van der Waals surface area contributed by atoms with Gasteiger partial charge in [-0.15, -0.1) is 11.6 Å². The van der Waals surface area contributed by atoms with E-state index in [1.165, 1.54) is 6.07 Å². The van der Waals surface area contributed by atoms with Gasteiger partial charge in [-0.3, -0.25) is 19.2 Å². The fraction of sp³-hybridized carbons (Fsp3) is 0.429. The summed E-state index contributed by atoms with van der Waals surface area (Å²) in [4.78, 5) is 51.6. The third kappa shape index (κ3) is 3.61. The number of alkyl halides is 1. The summed E-state index contributed by atoms with van der Waals surface area (Å²) in [6, 6.07) is 11.3. The number of halogens is 1. The average Bonchev–Trinajstić information content (AvgIpc) is 2.81. The molecule has 35 heavy (non-hydrogen) atoms. The van der Waals surface area contributed by atoms with E-state index in [0.29, 0.717) is 40.6 Å². The second kappa shape index (κ2) is 7.76. The van der Waals surface area contributed by atoms with Crippen molar-refractivity contribution in [1.29, 1.82) is 0 Å². The van der Waals surface area contributed by atoms with Crippen LogP contribution in [0.4, 0.5) is 5.69 Å². The summed E-state index contributed by atoms with van der Waals surface area (Å²) < 4.78 is 5.68. The number of carbonyl (C=O) groups is 4. The van der Waals surface area contributed by atoms with Crippen LogP contribution in [0.5, 0.6) is 0 Å². The van der Waals surface area contributed by atoms with Crippen LogP contribution in [-0.2, 0) is 14.3 Å². The fourth-order valence-corrected chi connectivity index (χ4v) is 7.84. The molecule has 0 saturated heterocycles. The number of nitrogens with one attached hydrogen (secondary N) is 1. The van der Waals surface area contributed by atoms with E-state index in [1.807, 2.05) is 0 Å². The Morgan fingerprint density at radius 3 is 2.17 bits per heavy atom. The van der Waals surface area contributed by atoms with Gasteiger partial charge in [-0.05, 0) is 75.5 Å². The molecule has 2 aromatic rings. The molecule has 1 N–H and O–H groups in total. The number of carbonyl (C=O) groups excluding carboxylic acids is 4. The zero-order valence-corrected chi connectivity index (χ0v) is 20.2. The SMILES string of the molecule is C[C@H](OC(=O)C12C[C@@H]3C[C@H](CC(Cl)(C3)C1)C2)C(=O)Nc1ccc2c(c1)C(=O)c1ccccc1C2=O. The van der Waals surface area contributed by atoms with Gasteiger partial charge in [0, 0.05) is 32.8 Å². The molecule has 1 amide bonds. The Labute approximate surface area is 208 Å². The molecule has 0 aromatic heterocycles. The van der Waals surface area contributed by atoms with Gasteiger partial charge in [-0.1, -0.05) is 24.3 Å². The van der Waals surface area contributed by atoms with Gasteiger partial charge in [-0.25, -0.2) is 0 Å². The van der Waals surface area contributed by atoms with Crippen LogP contribution in [0, 0.1) is 17.3 Å². The van der Waals surface area contributed by atoms with Gasteiger partial charge in [0.2, 0.25) is 0 Å².